The van der Waals surface area contributed by atoms with Gasteiger partial charge in [0.05, 0.1) is 0 Å². The van der Waals surface area contributed by atoms with Gasteiger partial charge in [-0.15, -0.1) is 10.2 Å². The summed E-state index contributed by atoms with van der Waals surface area (Å²) in [5, 5.41) is 28.6. The molecule has 4 rings (SSSR count). The van der Waals surface area contributed by atoms with E-state index in [1.165, 1.54) is 0 Å². The van der Waals surface area contributed by atoms with E-state index in [2.05, 4.69) is 44.8 Å². The van der Waals surface area contributed by atoms with Crippen LogP contribution in [0.25, 0.3) is 11.4 Å². The van der Waals surface area contributed by atoms with Crippen LogP contribution in [0.5, 0.6) is 0 Å². The van der Waals surface area contributed by atoms with Crippen LogP contribution < -0.4 is 15.6 Å². The second kappa shape index (κ2) is 6.61. The second-order valence-electron chi connectivity index (χ2n) is 6.14. The predicted octanol–water partition coefficient (Wildman–Crippen LogP) is 1.76. The number of benzene rings is 2. The lowest BCUT2D eigenvalue weighted by Gasteiger charge is -2.16. The molecule has 2 aromatic carbocycles. The summed E-state index contributed by atoms with van der Waals surface area (Å²) in [6.45, 7) is 0. The van der Waals surface area contributed by atoms with Crippen LogP contribution in [0.15, 0.2) is 53.7 Å². The largest absolute Gasteiger partial charge is 0.595 e. The fraction of sp³-hybridized carbons (Fsp3) is 0.176. The lowest BCUT2D eigenvalue weighted by molar-refractivity contribution is -0.991. The van der Waals surface area contributed by atoms with Crippen molar-refractivity contribution in [1.82, 2.24) is 14.9 Å². The zero-order valence-corrected chi connectivity index (χ0v) is 15.1. The summed E-state index contributed by atoms with van der Waals surface area (Å²) in [6, 6.07) is 15.0. The molecule has 3 aromatic rings. The van der Waals surface area contributed by atoms with Gasteiger partial charge in [0.1, 0.15) is 5.37 Å². The molecule has 134 valence electrons. The molecule has 0 amide bonds. The third-order valence-corrected chi connectivity index (χ3v) is 5.27. The molecule has 0 saturated heterocycles. The Hall–Kier alpha value is -2.59. The van der Waals surface area contributed by atoms with Crippen LogP contribution in [0.2, 0.25) is 0 Å². The van der Waals surface area contributed by atoms with Crippen LogP contribution in [0.1, 0.15) is 10.9 Å². The van der Waals surface area contributed by atoms with Gasteiger partial charge in [0.2, 0.25) is 5.16 Å². The lowest BCUT2D eigenvalue weighted by atomic mass is 10.2. The van der Waals surface area contributed by atoms with E-state index in [9.17, 15) is 10.4 Å². The smallest absolute Gasteiger partial charge is 0.212 e. The first kappa shape index (κ1) is 16.9. The van der Waals surface area contributed by atoms with Crippen LogP contribution >= 0.6 is 11.8 Å². The van der Waals surface area contributed by atoms with Crippen molar-refractivity contribution in [2.24, 2.45) is 0 Å². The topological polar surface area (TPSA) is 93.7 Å². The summed E-state index contributed by atoms with van der Waals surface area (Å²) < 4.78 is 1.82. The normalized spacial score (nSPS) is 16.8. The quantitative estimate of drug-likeness (QED) is 0.603. The van der Waals surface area contributed by atoms with E-state index < -0.39 is 5.23 Å². The molecule has 1 aliphatic heterocycles. The van der Waals surface area contributed by atoms with Gasteiger partial charge in [-0.05, 0) is 17.7 Å². The minimum absolute atomic E-state index is 0.0260. The Morgan fingerprint density at radius 2 is 1.96 bits per heavy atom. The SMILES string of the molecule is CN(C)c1ccc(C2Nn3c(nnc3-c3cccc([NH+]([O-])O)c3)S2)cc1. The molecule has 1 aliphatic rings. The number of fused-ring (bicyclic) bond motifs is 1. The molecule has 1 aromatic heterocycles. The van der Waals surface area contributed by atoms with Crippen molar-refractivity contribution in [1.29, 1.82) is 0 Å². The highest BCUT2D eigenvalue weighted by atomic mass is 32.2. The summed E-state index contributed by atoms with van der Waals surface area (Å²) in [4.78, 5) is 2.06. The summed E-state index contributed by atoms with van der Waals surface area (Å²) >= 11 is 1.58. The van der Waals surface area contributed by atoms with Gasteiger partial charge in [-0.2, -0.15) is 5.23 Å². The van der Waals surface area contributed by atoms with Gasteiger partial charge in [-0.25, -0.2) is 9.88 Å². The molecular formula is C17H18N6O2S. The van der Waals surface area contributed by atoms with Gasteiger partial charge in [-0.3, -0.25) is 0 Å². The fourth-order valence-corrected chi connectivity index (χ4v) is 3.77. The van der Waals surface area contributed by atoms with E-state index in [4.69, 9.17) is 0 Å². The Morgan fingerprint density at radius 3 is 2.65 bits per heavy atom. The second-order valence-corrected chi connectivity index (χ2v) is 7.21. The average Bonchev–Trinajstić information content (AvgIpc) is 3.22. The van der Waals surface area contributed by atoms with Crippen molar-refractivity contribution in [3.8, 4) is 11.4 Å². The summed E-state index contributed by atoms with van der Waals surface area (Å²) in [6.07, 6.45) is 0. The molecule has 2 heterocycles. The molecule has 0 bridgehead atoms. The maximum Gasteiger partial charge on any atom is 0.212 e. The number of rotatable bonds is 4. The van der Waals surface area contributed by atoms with Crippen LogP contribution in [0.4, 0.5) is 11.4 Å². The van der Waals surface area contributed by atoms with Crippen molar-refractivity contribution in [3.05, 3.63) is 59.3 Å². The van der Waals surface area contributed by atoms with E-state index in [1.54, 1.807) is 30.0 Å². The third kappa shape index (κ3) is 3.01. The Bertz CT molecular complexity index is 925. The van der Waals surface area contributed by atoms with Gasteiger partial charge in [0.25, 0.3) is 0 Å². The summed E-state index contributed by atoms with van der Waals surface area (Å²) in [5.74, 6) is 0.600. The highest BCUT2D eigenvalue weighted by Crippen LogP contribution is 2.40. The van der Waals surface area contributed by atoms with Crippen LogP contribution in [-0.4, -0.2) is 34.2 Å². The molecule has 8 nitrogen and oxygen atoms in total. The number of nitrogens with zero attached hydrogens (tertiary/aromatic N) is 4. The first-order valence-electron chi connectivity index (χ1n) is 8.02. The Kier molecular flexibility index (Phi) is 4.29. The third-order valence-electron chi connectivity index (χ3n) is 4.18. The molecule has 0 aliphatic carbocycles. The zero-order valence-electron chi connectivity index (χ0n) is 14.2. The van der Waals surface area contributed by atoms with Crippen molar-refractivity contribution >= 4 is 23.1 Å². The maximum atomic E-state index is 11.2. The number of hydrogen-bond donors (Lipinski definition) is 3. The molecule has 0 saturated carbocycles. The molecule has 26 heavy (non-hydrogen) atoms. The van der Waals surface area contributed by atoms with Crippen molar-refractivity contribution in [3.63, 3.8) is 0 Å². The molecule has 9 heteroatoms. The summed E-state index contributed by atoms with van der Waals surface area (Å²) in [7, 11) is 4.02. The average molecular weight is 370 g/mol. The van der Waals surface area contributed by atoms with Gasteiger partial charge in [-0.1, -0.05) is 36.0 Å². The van der Waals surface area contributed by atoms with E-state index >= 15 is 0 Å². The van der Waals surface area contributed by atoms with Gasteiger partial charge in [0.15, 0.2) is 11.5 Å². The lowest BCUT2D eigenvalue weighted by Crippen LogP contribution is -2.99. The molecule has 3 N–H and O–H groups in total. The highest BCUT2D eigenvalue weighted by Gasteiger charge is 2.28. The first-order chi connectivity index (χ1) is 12.5. The van der Waals surface area contributed by atoms with Gasteiger partial charge < -0.3 is 15.5 Å². The number of hydrogen-bond acceptors (Lipinski definition) is 7. The molecular weight excluding hydrogens is 352 g/mol. The number of thioether (sulfide) groups is 1. The van der Waals surface area contributed by atoms with E-state index in [1.807, 2.05) is 24.8 Å². The van der Waals surface area contributed by atoms with Gasteiger partial charge >= 0.3 is 0 Å². The number of quaternary nitrogens is 1. The van der Waals surface area contributed by atoms with E-state index in [0.29, 0.717) is 11.4 Å². The van der Waals surface area contributed by atoms with E-state index in [0.717, 1.165) is 16.4 Å². The highest BCUT2D eigenvalue weighted by molar-refractivity contribution is 7.99. The molecule has 0 fully saturated rings. The molecule has 0 radical (unpaired) electrons. The number of aromatic nitrogens is 3. The van der Waals surface area contributed by atoms with Crippen LogP contribution in [0.3, 0.4) is 0 Å². The molecule has 2 atom stereocenters. The van der Waals surface area contributed by atoms with Crippen molar-refractivity contribution in [2.45, 2.75) is 10.5 Å². The van der Waals surface area contributed by atoms with Crippen LogP contribution in [-0.2, 0) is 0 Å². The first-order valence-corrected chi connectivity index (χ1v) is 8.90. The minimum atomic E-state index is -0.964. The van der Waals surface area contributed by atoms with Crippen molar-refractivity contribution < 1.29 is 10.4 Å². The number of anilines is 1. The maximum absolute atomic E-state index is 11.2. The van der Waals surface area contributed by atoms with Crippen LogP contribution in [0, 0.1) is 5.21 Å². The minimum Gasteiger partial charge on any atom is -0.595 e. The Morgan fingerprint density at radius 1 is 1.19 bits per heavy atom. The Labute approximate surface area is 154 Å². The summed E-state index contributed by atoms with van der Waals surface area (Å²) in [5.41, 5.74) is 6.60. The van der Waals surface area contributed by atoms with E-state index in [-0.39, 0.29) is 11.1 Å². The van der Waals surface area contributed by atoms with Crippen molar-refractivity contribution in [2.75, 3.05) is 24.4 Å². The monoisotopic (exact) mass is 370 g/mol. The molecule has 0 spiro atoms. The Balaban J connectivity index is 1.60. The van der Waals surface area contributed by atoms with Gasteiger partial charge in [0, 0.05) is 37.5 Å². The zero-order chi connectivity index (χ0) is 18.3. The predicted molar refractivity (Wildman–Crippen MR) is 100.0 cm³/mol. The number of nitrogens with one attached hydrogen (secondary N) is 2. The molecule has 2 unspecified atom stereocenters. The standard InChI is InChI=1S/C17H18N6O2S/c1-21(2)13-8-6-11(7-9-13)16-20-22-15(18-19-17(22)26-16)12-4-3-5-14(10-12)23(24)25/h3-10,16,20,23-24H,1-2H3. The fourth-order valence-electron chi connectivity index (χ4n) is 2.78.